The van der Waals surface area contributed by atoms with Crippen molar-refractivity contribution in [1.29, 1.82) is 0 Å². The molecule has 0 aliphatic carbocycles. The zero-order chi connectivity index (χ0) is 26.7. The van der Waals surface area contributed by atoms with E-state index in [1.165, 1.54) is 12.1 Å². The van der Waals surface area contributed by atoms with Crippen molar-refractivity contribution in [3.8, 4) is 11.8 Å². The number of benzene rings is 2. The molecule has 2 N–H and O–H groups in total. The molecule has 1 unspecified atom stereocenters. The number of amides is 3. The highest BCUT2D eigenvalue weighted by molar-refractivity contribution is 14.1. The summed E-state index contributed by atoms with van der Waals surface area (Å²) in [7, 11) is -4.14. The Labute approximate surface area is 229 Å². The number of nitrogens with one attached hydrogen (secondary N) is 2. The molecule has 7 nitrogen and oxygen atoms in total. The number of rotatable bonds is 6. The summed E-state index contributed by atoms with van der Waals surface area (Å²) in [6, 6.07) is 11.5. The average molecular weight is 639 g/mol. The second kappa shape index (κ2) is 10.9. The Morgan fingerprint density at radius 1 is 1.14 bits per heavy atom. The van der Waals surface area contributed by atoms with E-state index in [0.717, 1.165) is 9.13 Å². The smallest absolute Gasteiger partial charge is 0.287 e. The first-order valence-corrected chi connectivity index (χ1v) is 14.6. The molecule has 190 valence electrons. The molecule has 3 amide bonds. The van der Waals surface area contributed by atoms with Crippen LogP contribution in [0.1, 0.15) is 61.5 Å². The van der Waals surface area contributed by atoms with Crippen LogP contribution >= 0.6 is 34.4 Å². The van der Waals surface area contributed by atoms with Gasteiger partial charge in [0.15, 0.2) is 0 Å². The van der Waals surface area contributed by atoms with Gasteiger partial charge in [0.1, 0.15) is 0 Å². The monoisotopic (exact) mass is 638 g/mol. The van der Waals surface area contributed by atoms with Gasteiger partial charge >= 0.3 is 0 Å². The van der Waals surface area contributed by atoms with Crippen LogP contribution in [0, 0.1) is 22.3 Å². The third-order valence-corrected chi connectivity index (χ3v) is 10.2. The molecule has 1 heterocycles. The van der Waals surface area contributed by atoms with Gasteiger partial charge < -0.3 is 5.32 Å². The standard InChI is InChI=1S/C26H27IN2O5S2/c1-17-9-10-19(22(30)29-25(2,3)4)16-18(17)8-6-5-7-15-26(23(31)28-24(32)35-26)36(33,34)21-13-11-20(27)12-14-21/h9-14,16H,5,7,15H2,1-4H3,(H,29,30)(H,28,31,32). The molecule has 0 spiro atoms. The van der Waals surface area contributed by atoms with Crippen molar-refractivity contribution in [1.82, 2.24) is 10.6 Å². The maximum absolute atomic E-state index is 13.4. The molecule has 1 aliphatic heterocycles. The quantitative estimate of drug-likeness (QED) is 0.267. The van der Waals surface area contributed by atoms with Crippen molar-refractivity contribution in [2.75, 3.05) is 0 Å². The number of imide groups is 1. The third-order valence-electron chi connectivity index (χ3n) is 5.40. The Morgan fingerprint density at radius 3 is 2.39 bits per heavy atom. The Bertz CT molecular complexity index is 1370. The fourth-order valence-electron chi connectivity index (χ4n) is 3.57. The van der Waals surface area contributed by atoms with Gasteiger partial charge in [-0.25, -0.2) is 8.42 Å². The van der Waals surface area contributed by atoms with E-state index >= 15 is 0 Å². The Hall–Kier alpha value is -2.36. The van der Waals surface area contributed by atoms with Gasteiger partial charge in [-0.05, 0) is 117 Å². The topological polar surface area (TPSA) is 109 Å². The van der Waals surface area contributed by atoms with Crippen molar-refractivity contribution >= 4 is 61.2 Å². The van der Waals surface area contributed by atoms with Crippen LogP contribution in [0.25, 0.3) is 0 Å². The number of halogens is 1. The molecule has 1 saturated heterocycles. The lowest BCUT2D eigenvalue weighted by Gasteiger charge is -2.24. The molecule has 0 radical (unpaired) electrons. The SMILES string of the molecule is Cc1ccc(C(=O)NC(C)(C)C)cc1C#CCCCC1(S(=O)(=O)c2ccc(I)cc2)SC(=O)NC1=O. The fourth-order valence-corrected chi connectivity index (χ4v) is 7.30. The predicted molar refractivity (Wildman–Crippen MR) is 149 cm³/mol. The highest BCUT2D eigenvalue weighted by Crippen LogP contribution is 2.44. The summed E-state index contributed by atoms with van der Waals surface area (Å²) in [6.45, 7) is 7.61. The normalized spacial score (nSPS) is 17.8. The molecule has 1 aliphatic rings. The first kappa shape index (κ1) is 28.2. The molecular formula is C26H27IN2O5S2. The zero-order valence-corrected chi connectivity index (χ0v) is 24.2. The lowest BCUT2D eigenvalue weighted by atomic mass is 10.0. The van der Waals surface area contributed by atoms with Crippen molar-refractivity contribution in [3.63, 3.8) is 0 Å². The Morgan fingerprint density at radius 2 is 1.81 bits per heavy atom. The largest absolute Gasteiger partial charge is 0.347 e. The predicted octanol–water partition coefficient (Wildman–Crippen LogP) is 4.80. The molecule has 36 heavy (non-hydrogen) atoms. The van der Waals surface area contributed by atoms with Gasteiger partial charge in [-0.1, -0.05) is 17.9 Å². The fraction of sp³-hybridized carbons (Fsp3) is 0.346. The van der Waals surface area contributed by atoms with E-state index in [9.17, 15) is 22.8 Å². The highest BCUT2D eigenvalue weighted by Gasteiger charge is 2.57. The molecule has 2 aromatic carbocycles. The van der Waals surface area contributed by atoms with Gasteiger partial charge in [-0.2, -0.15) is 0 Å². The minimum atomic E-state index is -4.14. The van der Waals surface area contributed by atoms with Crippen LogP contribution in [0.2, 0.25) is 0 Å². The minimum Gasteiger partial charge on any atom is -0.347 e. The van der Waals surface area contributed by atoms with E-state index in [-0.39, 0.29) is 29.2 Å². The Balaban J connectivity index is 1.77. The molecular weight excluding hydrogens is 611 g/mol. The van der Waals surface area contributed by atoms with E-state index < -0.39 is 25.1 Å². The molecule has 1 fully saturated rings. The minimum absolute atomic E-state index is 0.00711. The van der Waals surface area contributed by atoms with E-state index in [4.69, 9.17) is 0 Å². The summed E-state index contributed by atoms with van der Waals surface area (Å²) in [5.74, 6) is 5.06. The molecule has 0 saturated carbocycles. The van der Waals surface area contributed by atoms with Gasteiger partial charge in [0.05, 0.1) is 4.90 Å². The molecule has 0 bridgehead atoms. The number of thioether (sulfide) groups is 1. The van der Waals surface area contributed by atoms with Gasteiger partial charge in [-0.15, -0.1) is 0 Å². The Kier molecular flexibility index (Phi) is 8.58. The van der Waals surface area contributed by atoms with Gasteiger partial charge in [-0.3, -0.25) is 19.7 Å². The van der Waals surface area contributed by atoms with Crippen LogP contribution in [-0.4, -0.2) is 35.1 Å². The van der Waals surface area contributed by atoms with Crippen LogP contribution in [0.3, 0.4) is 0 Å². The molecule has 3 rings (SSSR count). The van der Waals surface area contributed by atoms with E-state index in [1.54, 1.807) is 24.3 Å². The molecule has 0 aromatic heterocycles. The summed E-state index contributed by atoms with van der Waals surface area (Å²) >= 11 is 2.57. The first-order valence-electron chi connectivity index (χ1n) is 11.2. The number of carbonyl (C=O) groups is 3. The molecule has 2 aromatic rings. The van der Waals surface area contributed by atoms with Crippen LogP contribution in [0.15, 0.2) is 47.4 Å². The van der Waals surface area contributed by atoms with Crippen molar-refractivity contribution < 1.29 is 22.8 Å². The van der Waals surface area contributed by atoms with E-state index in [1.807, 2.05) is 33.8 Å². The maximum atomic E-state index is 13.4. The molecule has 1 atom stereocenters. The lowest BCUT2D eigenvalue weighted by molar-refractivity contribution is -0.120. The van der Waals surface area contributed by atoms with E-state index in [0.29, 0.717) is 29.3 Å². The van der Waals surface area contributed by atoms with Gasteiger partial charge in [0, 0.05) is 26.7 Å². The van der Waals surface area contributed by atoms with Crippen LogP contribution in [0.5, 0.6) is 0 Å². The van der Waals surface area contributed by atoms with Crippen molar-refractivity contribution in [3.05, 3.63) is 62.7 Å². The highest BCUT2D eigenvalue weighted by atomic mass is 127. The summed E-state index contributed by atoms with van der Waals surface area (Å²) < 4.78 is 25.8. The van der Waals surface area contributed by atoms with Crippen molar-refractivity contribution in [2.24, 2.45) is 0 Å². The summed E-state index contributed by atoms with van der Waals surface area (Å²) in [4.78, 5) is 37.2. The number of unbranched alkanes of at least 4 members (excludes halogenated alkanes) is 1. The lowest BCUT2D eigenvalue weighted by Crippen LogP contribution is -2.43. The average Bonchev–Trinajstić information content (AvgIpc) is 3.08. The van der Waals surface area contributed by atoms with Crippen molar-refractivity contribution in [2.45, 2.75) is 61.5 Å². The number of sulfone groups is 1. The number of carbonyl (C=O) groups excluding carboxylic acids is 3. The maximum Gasteiger partial charge on any atom is 0.287 e. The summed E-state index contributed by atoms with van der Waals surface area (Å²) in [5.41, 5.74) is 1.73. The summed E-state index contributed by atoms with van der Waals surface area (Å²) in [6.07, 6.45) is 0.530. The first-order chi connectivity index (χ1) is 16.7. The van der Waals surface area contributed by atoms with Crippen LogP contribution < -0.4 is 10.6 Å². The second-order valence-electron chi connectivity index (χ2n) is 9.44. The number of aryl methyl sites for hydroxylation is 1. The van der Waals surface area contributed by atoms with Gasteiger partial charge in [0.25, 0.3) is 17.1 Å². The zero-order valence-electron chi connectivity index (χ0n) is 20.4. The van der Waals surface area contributed by atoms with Crippen LogP contribution in [-0.2, 0) is 14.6 Å². The number of hydrogen-bond acceptors (Lipinski definition) is 6. The number of hydrogen-bond donors (Lipinski definition) is 2. The third kappa shape index (κ3) is 6.30. The van der Waals surface area contributed by atoms with Gasteiger partial charge in [0.2, 0.25) is 13.9 Å². The van der Waals surface area contributed by atoms with Crippen LogP contribution in [0.4, 0.5) is 4.79 Å². The second-order valence-corrected chi connectivity index (χ2v) is 14.4. The van der Waals surface area contributed by atoms with E-state index in [2.05, 4.69) is 45.1 Å². The molecule has 10 heteroatoms. The summed E-state index contributed by atoms with van der Waals surface area (Å²) in [5, 5.41) is 4.37.